The number of para-hydroxylation sites is 1. The molecule has 0 saturated carbocycles. The van der Waals surface area contributed by atoms with Crippen molar-refractivity contribution >= 4 is 5.69 Å². The fourth-order valence-corrected chi connectivity index (χ4v) is 2.03. The average molecular weight is 237 g/mol. The highest BCUT2D eigenvalue weighted by Crippen LogP contribution is 2.27. The monoisotopic (exact) mass is 237 g/mol. The van der Waals surface area contributed by atoms with Gasteiger partial charge < -0.3 is 5.32 Å². The molecule has 18 heavy (non-hydrogen) atoms. The molecule has 2 aromatic carbocycles. The number of anilines is 1. The van der Waals surface area contributed by atoms with Crippen LogP contribution in [0, 0.1) is 5.92 Å². The van der Waals surface area contributed by atoms with Crippen molar-refractivity contribution in [3.8, 4) is 0 Å². The molecule has 1 N–H and O–H groups in total. The zero-order valence-electron chi connectivity index (χ0n) is 10.7. The van der Waals surface area contributed by atoms with Gasteiger partial charge in [0.1, 0.15) is 0 Å². The second-order valence-corrected chi connectivity index (χ2v) is 4.49. The molecule has 2 rings (SSSR count). The van der Waals surface area contributed by atoms with E-state index in [0.29, 0.717) is 5.92 Å². The highest BCUT2D eigenvalue weighted by molar-refractivity contribution is 5.45. The Morgan fingerprint density at radius 2 is 1.50 bits per heavy atom. The summed E-state index contributed by atoms with van der Waals surface area (Å²) < 4.78 is 0. The molecule has 2 unspecified atom stereocenters. The zero-order valence-corrected chi connectivity index (χ0v) is 10.7. The third-order valence-electron chi connectivity index (χ3n) is 3.15. The summed E-state index contributed by atoms with van der Waals surface area (Å²) in [6.45, 7) is 6.09. The Hall–Kier alpha value is -2.02. The molecule has 1 heteroatoms. The van der Waals surface area contributed by atoms with Crippen molar-refractivity contribution < 1.29 is 0 Å². The van der Waals surface area contributed by atoms with E-state index >= 15 is 0 Å². The Morgan fingerprint density at radius 1 is 0.944 bits per heavy atom. The van der Waals surface area contributed by atoms with Gasteiger partial charge in [-0.3, -0.25) is 0 Å². The first kappa shape index (κ1) is 12.4. The summed E-state index contributed by atoms with van der Waals surface area (Å²) in [7, 11) is 0. The predicted octanol–water partition coefficient (Wildman–Crippen LogP) is 4.66. The SMILES string of the molecule is C=CC(C)C(Nc1ccccc1)c1ccccc1. The van der Waals surface area contributed by atoms with Crippen LogP contribution in [0.1, 0.15) is 18.5 Å². The lowest BCUT2D eigenvalue weighted by atomic mass is 9.94. The third-order valence-corrected chi connectivity index (χ3v) is 3.15. The first-order valence-electron chi connectivity index (χ1n) is 6.30. The molecule has 1 nitrogen and oxygen atoms in total. The van der Waals surface area contributed by atoms with E-state index in [0.717, 1.165) is 5.69 Å². The molecule has 0 aromatic heterocycles. The maximum atomic E-state index is 3.91. The summed E-state index contributed by atoms with van der Waals surface area (Å²) in [4.78, 5) is 0. The molecule has 0 radical (unpaired) electrons. The highest BCUT2D eigenvalue weighted by atomic mass is 14.9. The summed E-state index contributed by atoms with van der Waals surface area (Å²) in [5, 5.41) is 3.57. The molecular formula is C17H19N. The Bertz CT molecular complexity index is 475. The summed E-state index contributed by atoms with van der Waals surface area (Å²) in [5.41, 5.74) is 2.42. The lowest BCUT2D eigenvalue weighted by Gasteiger charge is -2.24. The van der Waals surface area contributed by atoms with Crippen molar-refractivity contribution in [2.24, 2.45) is 5.92 Å². The van der Waals surface area contributed by atoms with Gasteiger partial charge in [0.25, 0.3) is 0 Å². The van der Waals surface area contributed by atoms with Crippen molar-refractivity contribution in [2.45, 2.75) is 13.0 Å². The van der Waals surface area contributed by atoms with Crippen molar-refractivity contribution in [3.63, 3.8) is 0 Å². The van der Waals surface area contributed by atoms with Crippen LogP contribution >= 0.6 is 0 Å². The highest BCUT2D eigenvalue weighted by Gasteiger charge is 2.16. The summed E-state index contributed by atoms with van der Waals surface area (Å²) >= 11 is 0. The minimum atomic E-state index is 0.256. The van der Waals surface area contributed by atoms with Crippen LogP contribution in [-0.4, -0.2) is 0 Å². The normalized spacial score (nSPS) is 13.6. The minimum Gasteiger partial charge on any atom is -0.378 e. The number of hydrogen-bond donors (Lipinski definition) is 1. The molecule has 0 heterocycles. The van der Waals surface area contributed by atoms with Gasteiger partial charge in [-0.2, -0.15) is 0 Å². The quantitative estimate of drug-likeness (QED) is 0.746. The first-order valence-corrected chi connectivity index (χ1v) is 6.30. The second-order valence-electron chi connectivity index (χ2n) is 4.49. The molecule has 0 aliphatic carbocycles. The van der Waals surface area contributed by atoms with E-state index in [1.54, 1.807) is 0 Å². The average Bonchev–Trinajstić information content (AvgIpc) is 2.46. The first-order chi connectivity index (χ1) is 8.81. The Kier molecular flexibility index (Phi) is 4.19. The largest absolute Gasteiger partial charge is 0.378 e. The summed E-state index contributed by atoms with van der Waals surface area (Å²) in [5.74, 6) is 0.368. The zero-order chi connectivity index (χ0) is 12.8. The maximum absolute atomic E-state index is 3.91. The van der Waals surface area contributed by atoms with Gasteiger partial charge in [0, 0.05) is 5.69 Å². The molecule has 0 aliphatic heterocycles. The van der Waals surface area contributed by atoms with E-state index < -0.39 is 0 Å². The summed E-state index contributed by atoms with van der Waals surface area (Å²) in [6.07, 6.45) is 1.99. The molecule has 0 fully saturated rings. The van der Waals surface area contributed by atoms with E-state index in [9.17, 15) is 0 Å². The van der Waals surface area contributed by atoms with Crippen LogP contribution in [0.15, 0.2) is 73.3 Å². The number of benzene rings is 2. The topological polar surface area (TPSA) is 12.0 Å². The van der Waals surface area contributed by atoms with Gasteiger partial charge in [-0.05, 0) is 23.6 Å². The summed E-state index contributed by atoms with van der Waals surface area (Å²) in [6, 6.07) is 21.0. The molecular weight excluding hydrogens is 218 g/mol. The Morgan fingerprint density at radius 3 is 2.06 bits per heavy atom. The maximum Gasteiger partial charge on any atom is 0.0573 e. The second kappa shape index (κ2) is 6.06. The lowest BCUT2D eigenvalue weighted by Crippen LogP contribution is -2.17. The van der Waals surface area contributed by atoms with Crippen molar-refractivity contribution in [1.29, 1.82) is 0 Å². The van der Waals surface area contributed by atoms with Gasteiger partial charge in [-0.1, -0.05) is 61.5 Å². The van der Waals surface area contributed by atoms with Crippen molar-refractivity contribution in [3.05, 3.63) is 78.9 Å². The minimum absolute atomic E-state index is 0.256. The Labute approximate surface area is 109 Å². The van der Waals surface area contributed by atoms with Crippen LogP contribution in [0.3, 0.4) is 0 Å². The van der Waals surface area contributed by atoms with E-state index in [2.05, 4.69) is 55.2 Å². The van der Waals surface area contributed by atoms with Crippen LogP contribution in [0.25, 0.3) is 0 Å². The van der Waals surface area contributed by atoms with Gasteiger partial charge in [-0.25, -0.2) is 0 Å². The van der Waals surface area contributed by atoms with Gasteiger partial charge in [0.15, 0.2) is 0 Å². The van der Waals surface area contributed by atoms with Gasteiger partial charge in [0.05, 0.1) is 6.04 Å². The van der Waals surface area contributed by atoms with Crippen LogP contribution in [0.4, 0.5) is 5.69 Å². The smallest absolute Gasteiger partial charge is 0.0573 e. The van der Waals surface area contributed by atoms with Crippen LogP contribution in [0.2, 0.25) is 0 Å². The third kappa shape index (κ3) is 3.01. The molecule has 0 bridgehead atoms. The number of rotatable bonds is 5. The van der Waals surface area contributed by atoms with Gasteiger partial charge in [0.2, 0.25) is 0 Å². The standard InChI is InChI=1S/C17H19N/c1-3-14(2)17(15-10-6-4-7-11-15)18-16-12-8-5-9-13-16/h3-14,17-18H,1H2,2H3. The molecule has 0 aliphatic rings. The molecule has 0 saturated heterocycles. The van der Waals surface area contributed by atoms with Gasteiger partial charge in [-0.15, -0.1) is 6.58 Å². The number of hydrogen-bond acceptors (Lipinski definition) is 1. The van der Waals surface area contributed by atoms with Crippen LogP contribution < -0.4 is 5.32 Å². The molecule has 0 amide bonds. The van der Waals surface area contributed by atoms with E-state index in [1.165, 1.54) is 5.56 Å². The fraction of sp³-hybridized carbons (Fsp3) is 0.176. The van der Waals surface area contributed by atoms with Crippen LogP contribution in [0.5, 0.6) is 0 Å². The van der Waals surface area contributed by atoms with Gasteiger partial charge >= 0.3 is 0 Å². The fourth-order valence-electron chi connectivity index (χ4n) is 2.03. The molecule has 2 aromatic rings. The van der Waals surface area contributed by atoms with E-state index in [4.69, 9.17) is 0 Å². The van der Waals surface area contributed by atoms with Crippen molar-refractivity contribution in [1.82, 2.24) is 0 Å². The number of nitrogens with one attached hydrogen (secondary N) is 1. The van der Waals surface area contributed by atoms with E-state index in [1.807, 2.05) is 30.3 Å². The van der Waals surface area contributed by atoms with E-state index in [-0.39, 0.29) is 6.04 Å². The van der Waals surface area contributed by atoms with Crippen LogP contribution in [-0.2, 0) is 0 Å². The Balaban J connectivity index is 2.24. The molecule has 2 atom stereocenters. The van der Waals surface area contributed by atoms with Crippen molar-refractivity contribution in [2.75, 3.05) is 5.32 Å². The molecule has 0 spiro atoms. The predicted molar refractivity (Wildman–Crippen MR) is 78.6 cm³/mol. The molecule has 92 valence electrons. The lowest BCUT2D eigenvalue weighted by molar-refractivity contribution is 0.605.